The van der Waals surface area contributed by atoms with Crippen LogP contribution in [0.15, 0.2) is 73.3 Å². The number of fused-ring (bicyclic) bond motifs is 1. The van der Waals surface area contributed by atoms with Crippen LogP contribution in [-0.2, 0) is 6.54 Å². The van der Waals surface area contributed by atoms with Gasteiger partial charge in [-0.25, -0.2) is 4.98 Å². The van der Waals surface area contributed by atoms with Crippen molar-refractivity contribution in [3.63, 3.8) is 0 Å². The van der Waals surface area contributed by atoms with Gasteiger partial charge in [0.2, 0.25) is 5.82 Å². The molecule has 122 valence electrons. The lowest BCUT2D eigenvalue weighted by molar-refractivity contribution is 0.0939. The van der Waals surface area contributed by atoms with Crippen LogP contribution in [0.4, 0.5) is 0 Å². The number of pyridine rings is 3. The predicted molar refractivity (Wildman–Crippen MR) is 93.8 cm³/mol. The van der Waals surface area contributed by atoms with Crippen LogP contribution in [0.25, 0.3) is 16.8 Å². The molecule has 1 amide bonds. The van der Waals surface area contributed by atoms with Gasteiger partial charge >= 0.3 is 0 Å². The third-order valence-corrected chi connectivity index (χ3v) is 3.84. The van der Waals surface area contributed by atoms with E-state index in [-0.39, 0.29) is 5.91 Å². The van der Waals surface area contributed by atoms with Crippen molar-refractivity contribution in [2.24, 2.45) is 0 Å². The van der Waals surface area contributed by atoms with Gasteiger partial charge < -0.3 is 5.32 Å². The van der Waals surface area contributed by atoms with Gasteiger partial charge in [0.15, 0.2) is 0 Å². The van der Waals surface area contributed by atoms with Gasteiger partial charge in [-0.3, -0.25) is 19.2 Å². The number of carbonyl (C=O) groups is 1. The highest BCUT2D eigenvalue weighted by molar-refractivity contribution is 5.94. The van der Waals surface area contributed by atoms with Crippen molar-refractivity contribution >= 4 is 11.4 Å². The average molecular weight is 329 g/mol. The Labute approximate surface area is 144 Å². The van der Waals surface area contributed by atoms with E-state index >= 15 is 0 Å². The van der Waals surface area contributed by atoms with Crippen molar-refractivity contribution in [3.05, 3.63) is 84.8 Å². The molecule has 6 nitrogen and oxygen atoms in total. The molecule has 0 aliphatic heterocycles. The van der Waals surface area contributed by atoms with Crippen LogP contribution in [0.5, 0.6) is 0 Å². The first-order chi connectivity index (χ1) is 12.3. The smallest absolute Gasteiger partial charge is 0.288 e. The number of aromatic nitrogens is 4. The lowest BCUT2D eigenvalue weighted by Crippen LogP contribution is -2.25. The highest BCUT2D eigenvalue weighted by Gasteiger charge is 2.18. The molecule has 0 atom stereocenters. The molecule has 0 unspecified atom stereocenters. The number of hydrogen-bond acceptors (Lipinski definition) is 4. The molecular formula is C19H15N5O. The minimum Gasteiger partial charge on any atom is -0.344 e. The molecular weight excluding hydrogens is 314 g/mol. The average Bonchev–Trinajstić information content (AvgIpc) is 3.07. The summed E-state index contributed by atoms with van der Waals surface area (Å²) in [5.41, 5.74) is 3.26. The van der Waals surface area contributed by atoms with E-state index in [0.717, 1.165) is 22.5 Å². The van der Waals surface area contributed by atoms with Crippen molar-refractivity contribution in [3.8, 4) is 11.3 Å². The van der Waals surface area contributed by atoms with Crippen molar-refractivity contribution < 1.29 is 4.79 Å². The van der Waals surface area contributed by atoms with Crippen LogP contribution >= 0.6 is 0 Å². The second kappa shape index (κ2) is 6.52. The molecule has 0 bridgehead atoms. The number of imidazole rings is 1. The van der Waals surface area contributed by atoms with Gasteiger partial charge in [-0.15, -0.1) is 0 Å². The van der Waals surface area contributed by atoms with E-state index in [0.29, 0.717) is 12.4 Å². The summed E-state index contributed by atoms with van der Waals surface area (Å²) in [7, 11) is 0. The van der Waals surface area contributed by atoms with Gasteiger partial charge in [0.25, 0.3) is 5.91 Å². The molecule has 4 aromatic heterocycles. The largest absolute Gasteiger partial charge is 0.344 e. The van der Waals surface area contributed by atoms with Crippen LogP contribution in [0.2, 0.25) is 0 Å². The van der Waals surface area contributed by atoms with Gasteiger partial charge in [0.05, 0.1) is 23.4 Å². The van der Waals surface area contributed by atoms with E-state index in [1.165, 1.54) is 0 Å². The molecule has 4 heterocycles. The van der Waals surface area contributed by atoms with Gasteiger partial charge in [0.1, 0.15) is 0 Å². The third-order valence-electron chi connectivity index (χ3n) is 3.84. The Morgan fingerprint density at radius 1 is 1.04 bits per heavy atom. The maximum atomic E-state index is 12.6. The van der Waals surface area contributed by atoms with Crippen molar-refractivity contribution in [1.82, 2.24) is 24.7 Å². The molecule has 0 saturated carbocycles. The lowest BCUT2D eigenvalue weighted by atomic mass is 10.2. The van der Waals surface area contributed by atoms with Crippen molar-refractivity contribution in [2.75, 3.05) is 0 Å². The van der Waals surface area contributed by atoms with E-state index in [4.69, 9.17) is 0 Å². The maximum absolute atomic E-state index is 12.6. The molecule has 0 saturated heterocycles. The van der Waals surface area contributed by atoms with E-state index in [1.54, 1.807) is 23.0 Å². The summed E-state index contributed by atoms with van der Waals surface area (Å²) in [6.45, 7) is 0.351. The first-order valence-corrected chi connectivity index (χ1v) is 7.88. The Bertz CT molecular complexity index is 1010. The van der Waals surface area contributed by atoms with Gasteiger partial charge in [-0.05, 0) is 36.4 Å². The van der Waals surface area contributed by atoms with Gasteiger partial charge in [0, 0.05) is 30.4 Å². The Morgan fingerprint density at radius 3 is 2.76 bits per heavy atom. The number of carbonyl (C=O) groups excluding carboxylic acids is 1. The lowest BCUT2D eigenvalue weighted by Gasteiger charge is -2.03. The highest BCUT2D eigenvalue weighted by Crippen LogP contribution is 2.24. The Hall–Kier alpha value is -3.54. The third kappa shape index (κ3) is 2.97. The summed E-state index contributed by atoms with van der Waals surface area (Å²) in [5, 5.41) is 2.87. The maximum Gasteiger partial charge on any atom is 0.288 e. The van der Waals surface area contributed by atoms with E-state index in [2.05, 4.69) is 20.3 Å². The summed E-state index contributed by atoms with van der Waals surface area (Å²) in [5.74, 6) is 0.0902. The van der Waals surface area contributed by atoms with Gasteiger partial charge in [-0.2, -0.15) is 0 Å². The number of nitrogens with one attached hydrogen (secondary N) is 1. The fourth-order valence-electron chi connectivity index (χ4n) is 2.67. The molecule has 0 radical (unpaired) electrons. The zero-order chi connectivity index (χ0) is 17.1. The molecule has 4 aromatic rings. The number of rotatable bonds is 4. The normalized spacial score (nSPS) is 10.7. The van der Waals surface area contributed by atoms with E-state index in [1.807, 2.05) is 54.7 Å². The predicted octanol–water partition coefficient (Wildman–Crippen LogP) is 2.72. The summed E-state index contributed by atoms with van der Waals surface area (Å²) in [6.07, 6.45) is 6.98. The Kier molecular flexibility index (Phi) is 3.92. The minimum absolute atomic E-state index is 0.248. The molecule has 4 rings (SSSR count). The molecule has 0 fully saturated rings. The summed E-state index contributed by atoms with van der Waals surface area (Å²) < 4.78 is 1.79. The Balaban J connectivity index is 1.69. The van der Waals surface area contributed by atoms with Crippen LogP contribution < -0.4 is 5.32 Å². The first kappa shape index (κ1) is 15.0. The number of amides is 1. The van der Waals surface area contributed by atoms with Crippen LogP contribution in [0.1, 0.15) is 16.3 Å². The quantitative estimate of drug-likeness (QED) is 0.625. The summed E-state index contributed by atoms with van der Waals surface area (Å²) >= 11 is 0. The van der Waals surface area contributed by atoms with E-state index in [9.17, 15) is 4.79 Å². The molecule has 25 heavy (non-hydrogen) atoms. The summed E-state index contributed by atoms with van der Waals surface area (Å²) in [4.78, 5) is 25.6. The standard InChI is InChI=1S/C19H15N5O/c25-19(22-13-15-7-1-3-10-21-15)18-23-17(14-6-5-9-20-12-14)16-8-2-4-11-24(16)18/h1-12H,13H2,(H,22,25). The highest BCUT2D eigenvalue weighted by atomic mass is 16.2. The van der Waals surface area contributed by atoms with Gasteiger partial charge in [-0.1, -0.05) is 12.1 Å². The molecule has 0 spiro atoms. The molecule has 1 N–H and O–H groups in total. The zero-order valence-electron chi connectivity index (χ0n) is 13.3. The fraction of sp³-hybridized carbons (Fsp3) is 0.0526. The van der Waals surface area contributed by atoms with E-state index < -0.39 is 0 Å². The fourth-order valence-corrected chi connectivity index (χ4v) is 2.67. The van der Waals surface area contributed by atoms with Crippen LogP contribution in [-0.4, -0.2) is 25.3 Å². The molecule has 0 aliphatic carbocycles. The number of nitrogens with zero attached hydrogens (tertiary/aromatic N) is 4. The topological polar surface area (TPSA) is 72.2 Å². The van der Waals surface area contributed by atoms with Crippen LogP contribution in [0.3, 0.4) is 0 Å². The second-order valence-electron chi connectivity index (χ2n) is 5.49. The number of hydrogen-bond donors (Lipinski definition) is 1. The molecule has 0 aliphatic rings. The van der Waals surface area contributed by atoms with Crippen LogP contribution in [0, 0.1) is 0 Å². The molecule has 0 aromatic carbocycles. The second-order valence-corrected chi connectivity index (χ2v) is 5.49. The first-order valence-electron chi connectivity index (χ1n) is 7.88. The van der Waals surface area contributed by atoms with Crippen molar-refractivity contribution in [2.45, 2.75) is 6.54 Å². The van der Waals surface area contributed by atoms with Crippen molar-refractivity contribution in [1.29, 1.82) is 0 Å². The molecule has 6 heteroatoms. The minimum atomic E-state index is -0.248. The Morgan fingerprint density at radius 2 is 1.96 bits per heavy atom. The monoisotopic (exact) mass is 329 g/mol. The SMILES string of the molecule is O=C(NCc1ccccn1)c1nc(-c2cccnc2)c2ccccn12. The zero-order valence-corrected chi connectivity index (χ0v) is 13.3. The summed E-state index contributed by atoms with van der Waals surface area (Å²) in [6, 6.07) is 15.1.